The lowest BCUT2D eigenvalue weighted by atomic mass is 9.57. The number of hydrogen-bond donors (Lipinski definition) is 0. The molecule has 1 saturated heterocycles. The molecule has 0 bridgehead atoms. The van der Waals surface area contributed by atoms with Crippen molar-refractivity contribution in [2.24, 2.45) is 22.7 Å². The standard InChI is InChI=1S/C21H30O4/c1-6-14-16(21(5)11-7-10-20(3,4)12-21)9-8-15-17(14)19(24-13(2)22)25-18(15)23/h6,9,15,17,19H,7-8,10-12H2,1-5H3/b14-6+/t15-,17+,19+,21+/m1/s1. The van der Waals surface area contributed by atoms with Crippen LogP contribution in [-0.2, 0) is 19.1 Å². The summed E-state index contributed by atoms with van der Waals surface area (Å²) in [6.45, 7) is 10.4. The fourth-order valence-corrected chi connectivity index (χ4v) is 5.38. The first kappa shape index (κ1) is 18.2. The maximum absolute atomic E-state index is 12.3. The van der Waals surface area contributed by atoms with E-state index in [1.165, 1.54) is 25.3 Å². The topological polar surface area (TPSA) is 52.6 Å². The average molecular weight is 346 g/mol. The van der Waals surface area contributed by atoms with E-state index in [9.17, 15) is 9.59 Å². The Bertz CT molecular complexity index is 642. The van der Waals surface area contributed by atoms with Gasteiger partial charge in [-0.15, -0.1) is 0 Å². The molecule has 0 amide bonds. The predicted octanol–water partition coefficient (Wildman–Crippen LogP) is 4.55. The van der Waals surface area contributed by atoms with Gasteiger partial charge in [-0.2, -0.15) is 0 Å². The van der Waals surface area contributed by atoms with Gasteiger partial charge in [0.05, 0.1) is 11.8 Å². The van der Waals surface area contributed by atoms with Crippen LogP contribution in [0.5, 0.6) is 0 Å². The van der Waals surface area contributed by atoms with Crippen LogP contribution in [0.15, 0.2) is 23.3 Å². The molecule has 3 rings (SSSR count). The molecule has 4 heteroatoms. The molecule has 1 heterocycles. The minimum absolute atomic E-state index is 0.0982. The van der Waals surface area contributed by atoms with E-state index in [1.54, 1.807) is 0 Å². The van der Waals surface area contributed by atoms with Crippen LogP contribution in [0.25, 0.3) is 0 Å². The van der Waals surface area contributed by atoms with Crippen LogP contribution in [-0.4, -0.2) is 18.2 Å². The summed E-state index contributed by atoms with van der Waals surface area (Å²) in [5.74, 6) is -1.07. The molecule has 0 aromatic heterocycles. The second kappa shape index (κ2) is 6.30. The number of hydrogen-bond acceptors (Lipinski definition) is 4. The van der Waals surface area contributed by atoms with Gasteiger partial charge in [-0.1, -0.05) is 39.3 Å². The second-order valence-corrected chi connectivity index (χ2v) is 8.90. The average Bonchev–Trinajstić information content (AvgIpc) is 2.80. The van der Waals surface area contributed by atoms with Gasteiger partial charge in [-0.25, -0.2) is 0 Å². The summed E-state index contributed by atoms with van der Waals surface area (Å²) in [6, 6.07) is 0. The molecular formula is C21H30O4. The Kier molecular flexibility index (Phi) is 4.59. The summed E-state index contributed by atoms with van der Waals surface area (Å²) < 4.78 is 10.7. The largest absolute Gasteiger partial charge is 0.425 e. The quantitative estimate of drug-likeness (QED) is 0.689. The van der Waals surface area contributed by atoms with E-state index < -0.39 is 12.3 Å². The lowest BCUT2D eigenvalue weighted by Gasteiger charge is -2.47. The van der Waals surface area contributed by atoms with Gasteiger partial charge in [-0.05, 0) is 54.6 Å². The zero-order chi connectivity index (χ0) is 18.4. The Morgan fingerprint density at radius 1 is 1.32 bits per heavy atom. The molecule has 0 unspecified atom stereocenters. The van der Waals surface area contributed by atoms with Crippen LogP contribution in [0.3, 0.4) is 0 Å². The molecule has 4 nitrogen and oxygen atoms in total. The highest BCUT2D eigenvalue weighted by Gasteiger charge is 2.52. The highest BCUT2D eigenvalue weighted by Crippen LogP contribution is 2.56. The number of carbonyl (C=O) groups is 2. The molecule has 0 aromatic rings. The summed E-state index contributed by atoms with van der Waals surface area (Å²) in [7, 11) is 0. The van der Waals surface area contributed by atoms with Crippen molar-refractivity contribution < 1.29 is 19.1 Å². The summed E-state index contributed by atoms with van der Waals surface area (Å²) in [4.78, 5) is 23.7. The van der Waals surface area contributed by atoms with Gasteiger partial charge in [0.2, 0.25) is 0 Å². The Morgan fingerprint density at radius 2 is 2.04 bits per heavy atom. The first-order chi connectivity index (χ1) is 11.7. The highest BCUT2D eigenvalue weighted by atomic mass is 16.7. The zero-order valence-electron chi connectivity index (χ0n) is 16.1. The van der Waals surface area contributed by atoms with Gasteiger partial charge in [-0.3, -0.25) is 9.59 Å². The molecular weight excluding hydrogens is 316 g/mol. The van der Waals surface area contributed by atoms with Gasteiger partial charge in [0.25, 0.3) is 6.29 Å². The maximum atomic E-state index is 12.3. The van der Waals surface area contributed by atoms with Crippen LogP contribution in [0, 0.1) is 22.7 Å². The normalized spacial score (nSPS) is 38.8. The van der Waals surface area contributed by atoms with Crippen LogP contribution >= 0.6 is 0 Å². The number of fused-ring (bicyclic) bond motifs is 1. The molecule has 0 radical (unpaired) electrons. The van der Waals surface area contributed by atoms with E-state index in [0.717, 1.165) is 18.4 Å². The summed E-state index contributed by atoms with van der Waals surface area (Å²) >= 11 is 0. The molecule has 0 N–H and O–H groups in total. The van der Waals surface area contributed by atoms with E-state index in [0.29, 0.717) is 11.8 Å². The smallest absolute Gasteiger partial charge is 0.313 e. The highest BCUT2D eigenvalue weighted by molar-refractivity contribution is 5.78. The number of ether oxygens (including phenoxy) is 2. The van der Waals surface area contributed by atoms with Crippen LogP contribution in [0.2, 0.25) is 0 Å². The van der Waals surface area contributed by atoms with Gasteiger partial charge in [0.1, 0.15) is 0 Å². The van der Waals surface area contributed by atoms with Gasteiger partial charge in [0.15, 0.2) is 0 Å². The van der Waals surface area contributed by atoms with Crippen molar-refractivity contribution in [1.29, 1.82) is 0 Å². The molecule has 0 aromatic carbocycles. The number of carbonyl (C=O) groups excluding carboxylic acids is 2. The van der Waals surface area contributed by atoms with Crippen molar-refractivity contribution in [2.75, 3.05) is 0 Å². The second-order valence-electron chi connectivity index (χ2n) is 8.90. The molecule has 1 aliphatic heterocycles. The van der Waals surface area contributed by atoms with Crippen molar-refractivity contribution in [1.82, 2.24) is 0 Å². The third kappa shape index (κ3) is 3.28. The fraction of sp³-hybridized carbons (Fsp3) is 0.714. The minimum Gasteiger partial charge on any atom is -0.425 e. The zero-order valence-corrected chi connectivity index (χ0v) is 16.1. The number of esters is 2. The minimum atomic E-state index is -0.787. The predicted molar refractivity (Wildman–Crippen MR) is 95.4 cm³/mol. The number of rotatable bonds is 2. The Balaban J connectivity index is 1.96. The van der Waals surface area contributed by atoms with Gasteiger partial charge in [0, 0.05) is 6.92 Å². The molecule has 1 saturated carbocycles. The molecule has 2 fully saturated rings. The third-order valence-electron chi connectivity index (χ3n) is 6.20. The molecule has 3 aliphatic rings. The molecule has 2 aliphatic carbocycles. The lowest BCUT2D eigenvalue weighted by Crippen LogP contribution is -2.38. The molecule has 4 atom stereocenters. The van der Waals surface area contributed by atoms with Crippen molar-refractivity contribution >= 4 is 11.9 Å². The Hall–Kier alpha value is -1.58. The van der Waals surface area contributed by atoms with E-state index in [-0.39, 0.29) is 23.2 Å². The van der Waals surface area contributed by atoms with Crippen molar-refractivity contribution in [3.05, 3.63) is 23.3 Å². The molecule has 138 valence electrons. The van der Waals surface area contributed by atoms with Crippen molar-refractivity contribution in [2.45, 2.75) is 73.0 Å². The van der Waals surface area contributed by atoms with E-state index in [1.807, 2.05) is 6.92 Å². The number of cyclic esters (lactones) is 1. The van der Waals surface area contributed by atoms with E-state index in [4.69, 9.17) is 9.47 Å². The van der Waals surface area contributed by atoms with Gasteiger partial charge >= 0.3 is 11.9 Å². The lowest BCUT2D eigenvalue weighted by molar-refractivity contribution is -0.178. The molecule has 0 spiro atoms. The summed E-state index contributed by atoms with van der Waals surface area (Å²) in [6.07, 6.45) is 8.98. The maximum Gasteiger partial charge on any atom is 0.313 e. The van der Waals surface area contributed by atoms with Crippen LogP contribution in [0.4, 0.5) is 0 Å². The first-order valence-electron chi connectivity index (χ1n) is 9.42. The van der Waals surface area contributed by atoms with Crippen molar-refractivity contribution in [3.8, 4) is 0 Å². The van der Waals surface area contributed by atoms with Crippen molar-refractivity contribution in [3.63, 3.8) is 0 Å². The number of allylic oxidation sites excluding steroid dienone is 3. The summed E-state index contributed by atoms with van der Waals surface area (Å²) in [5, 5.41) is 0. The Labute approximate surface area is 150 Å². The fourth-order valence-electron chi connectivity index (χ4n) is 5.38. The van der Waals surface area contributed by atoms with Gasteiger partial charge < -0.3 is 9.47 Å². The van der Waals surface area contributed by atoms with E-state index >= 15 is 0 Å². The molecule has 25 heavy (non-hydrogen) atoms. The van der Waals surface area contributed by atoms with E-state index in [2.05, 4.69) is 32.9 Å². The van der Waals surface area contributed by atoms with Crippen LogP contribution in [0.1, 0.15) is 66.7 Å². The van der Waals surface area contributed by atoms with Crippen LogP contribution < -0.4 is 0 Å². The SMILES string of the molecule is C/C=C1\C([C@@]2(C)CCCC(C)(C)C2)=CC[C@H]2C(=O)O[C@H](OC(C)=O)[C@@H]12. The Morgan fingerprint density at radius 3 is 2.64 bits per heavy atom. The third-order valence-corrected chi connectivity index (χ3v) is 6.20. The first-order valence-corrected chi connectivity index (χ1v) is 9.42. The summed E-state index contributed by atoms with van der Waals surface area (Å²) in [5.41, 5.74) is 2.88. The monoisotopic (exact) mass is 346 g/mol.